The molecule has 1 saturated heterocycles. The molecular weight excluding hydrogens is 222 g/mol. The first kappa shape index (κ1) is 12.0. The van der Waals surface area contributed by atoms with Crippen LogP contribution in [0.3, 0.4) is 0 Å². The van der Waals surface area contributed by atoms with Crippen molar-refractivity contribution in [3.05, 3.63) is 23.9 Å². The highest BCUT2D eigenvalue weighted by Crippen LogP contribution is 2.34. The van der Waals surface area contributed by atoms with Crippen LogP contribution in [0.1, 0.15) is 45.1 Å². The van der Waals surface area contributed by atoms with Crippen LogP contribution in [-0.4, -0.2) is 23.1 Å². The van der Waals surface area contributed by atoms with E-state index in [9.17, 15) is 0 Å². The van der Waals surface area contributed by atoms with Crippen LogP contribution in [0.15, 0.2) is 18.3 Å². The van der Waals surface area contributed by atoms with Gasteiger partial charge < -0.3 is 10.2 Å². The molecule has 0 bridgehead atoms. The van der Waals surface area contributed by atoms with E-state index >= 15 is 0 Å². The van der Waals surface area contributed by atoms with Crippen molar-refractivity contribution in [1.29, 1.82) is 0 Å². The third-order valence-corrected chi connectivity index (χ3v) is 4.18. The molecule has 1 saturated carbocycles. The molecule has 1 N–H and O–H groups in total. The van der Waals surface area contributed by atoms with Gasteiger partial charge in [-0.1, -0.05) is 6.07 Å². The Labute approximate surface area is 110 Å². The van der Waals surface area contributed by atoms with Gasteiger partial charge >= 0.3 is 0 Å². The average Bonchev–Trinajstić information content (AvgIpc) is 3.11. The van der Waals surface area contributed by atoms with E-state index in [0.29, 0.717) is 0 Å². The Morgan fingerprint density at radius 2 is 2.28 bits per heavy atom. The molecule has 0 atom stereocenters. The van der Waals surface area contributed by atoms with Crippen molar-refractivity contribution < 1.29 is 0 Å². The van der Waals surface area contributed by atoms with Crippen molar-refractivity contribution in [2.75, 3.05) is 11.4 Å². The van der Waals surface area contributed by atoms with Gasteiger partial charge in [0, 0.05) is 36.4 Å². The van der Waals surface area contributed by atoms with Gasteiger partial charge in [0.2, 0.25) is 0 Å². The normalized spacial score (nSPS) is 22.4. The molecule has 0 unspecified atom stereocenters. The minimum Gasteiger partial charge on any atom is -0.351 e. The van der Waals surface area contributed by atoms with Crippen LogP contribution in [0.5, 0.6) is 0 Å². The fraction of sp³-hybridized carbons (Fsp3) is 0.667. The zero-order valence-electron chi connectivity index (χ0n) is 11.4. The van der Waals surface area contributed by atoms with Crippen LogP contribution < -0.4 is 10.2 Å². The summed E-state index contributed by atoms with van der Waals surface area (Å²) in [5.74, 6) is 1.19. The Balaban J connectivity index is 1.81. The zero-order chi connectivity index (χ0) is 12.6. The summed E-state index contributed by atoms with van der Waals surface area (Å²) in [5.41, 5.74) is 1.60. The van der Waals surface area contributed by atoms with Gasteiger partial charge in [-0.2, -0.15) is 0 Å². The number of rotatable bonds is 4. The molecule has 1 aromatic rings. The number of hydrogen-bond donors (Lipinski definition) is 1. The van der Waals surface area contributed by atoms with Crippen LogP contribution in [0, 0.1) is 0 Å². The molecule has 18 heavy (non-hydrogen) atoms. The van der Waals surface area contributed by atoms with Crippen LogP contribution in [0.4, 0.5) is 5.82 Å². The maximum absolute atomic E-state index is 4.64. The zero-order valence-corrected chi connectivity index (χ0v) is 11.4. The fourth-order valence-corrected chi connectivity index (χ4v) is 2.85. The second-order valence-corrected chi connectivity index (χ2v) is 6.21. The second-order valence-electron chi connectivity index (χ2n) is 6.21. The summed E-state index contributed by atoms with van der Waals surface area (Å²) in [5, 5.41) is 3.60. The number of hydrogen-bond acceptors (Lipinski definition) is 3. The van der Waals surface area contributed by atoms with E-state index in [4.69, 9.17) is 0 Å². The van der Waals surface area contributed by atoms with E-state index in [1.165, 1.54) is 37.1 Å². The summed E-state index contributed by atoms with van der Waals surface area (Å²) < 4.78 is 0. The molecule has 1 aliphatic heterocycles. The Morgan fingerprint density at radius 3 is 2.94 bits per heavy atom. The predicted octanol–water partition coefficient (Wildman–Crippen LogP) is 2.71. The molecule has 0 radical (unpaired) electrons. The van der Waals surface area contributed by atoms with E-state index in [-0.39, 0.29) is 5.54 Å². The predicted molar refractivity (Wildman–Crippen MR) is 74.8 cm³/mol. The van der Waals surface area contributed by atoms with E-state index < -0.39 is 0 Å². The van der Waals surface area contributed by atoms with Gasteiger partial charge in [0.05, 0.1) is 0 Å². The first-order valence-corrected chi connectivity index (χ1v) is 7.12. The molecule has 0 amide bonds. The van der Waals surface area contributed by atoms with Gasteiger partial charge in [0.1, 0.15) is 5.82 Å². The lowest BCUT2D eigenvalue weighted by Gasteiger charge is -2.34. The highest BCUT2D eigenvalue weighted by molar-refractivity contribution is 5.50. The van der Waals surface area contributed by atoms with E-state index in [0.717, 1.165) is 19.1 Å². The molecule has 2 heterocycles. The minimum atomic E-state index is 0.253. The second kappa shape index (κ2) is 4.54. The molecule has 2 aliphatic rings. The van der Waals surface area contributed by atoms with Crippen LogP contribution >= 0.6 is 0 Å². The van der Waals surface area contributed by atoms with Gasteiger partial charge in [-0.15, -0.1) is 0 Å². The fourth-order valence-electron chi connectivity index (χ4n) is 2.85. The molecule has 3 heteroatoms. The van der Waals surface area contributed by atoms with Gasteiger partial charge in [-0.05, 0) is 45.6 Å². The maximum Gasteiger partial charge on any atom is 0.133 e. The smallest absolute Gasteiger partial charge is 0.133 e. The van der Waals surface area contributed by atoms with Crippen molar-refractivity contribution in [2.45, 2.75) is 57.7 Å². The minimum absolute atomic E-state index is 0.253. The first-order chi connectivity index (χ1) is 8.67. The molecule has 3 rings (SSSR count). The Hall–Kier alpha value is -1.09. The van der Waals surface area contributed by atoms with Crippen LogP contribution in [0.25, 0.3) is 0 Å². The third-order valence-electron chi connectivity index (χ3n) is 4.18. The van der Waals surface area contributed by atoms with Crippen molar-refractivity contribution in [3.8, 4) is 0 Å². The SMILES string of the molecule is CC1(C)CCCN1c1ncccc1CNC1CC1. The van der Waals surface area contributed by atoms with Crippen molar-refractivity contribution in [3.63, 3.8) is 0 Å². The third kappa shape index (κ3) is 2.37. The summed E-state index contributed by atoms with van der Waals surface area (Å²) in [7, 11) is 0. The summed E-state index contributed by atoms with van der Waals surface area (Å²) in [6.07, 6.45) is 7.14. The highest BCUT2D eigenvalue weighted by atomic mass is 15.3. The molecule has 0 spiro atoms. The maximum atomic E-state index is 4.64. The van der Waals surface area contributed by atoms with E-state index in [1.54, 1.807) is 0 Å². The number of anilines is 1. The van der Waals surface area contributed by atoms with Gasteiger partial charge in [0.15, 0.2) is 0 Å². The standard InChI is InChI=1S/C15H23N3/c1-15(2)8-4-10-18(15)14-12(5-3-9-16-14)11-17-13-6-7-13/h3,5,9,13,17H,4,6-8,10-11H2,1-2H3. The van der Waals surface area contributed by atoms with Crippen LogP contribution in [0.2, 0.25) is 0 Å². The summed E-state index contributed by atoms with van der Waals surface area (Å²) >= 11 is 0. The van der Waals surface area contributed by atoms with Gasteiger partial charge in [0.25, 0.3) is 0 Å². The molecule has 98 valence electrons. The first-order valence-electron chi connectivity index (χ1n) is 7.12. The number of pyridine rings is 1. The number of nitrogens with zero attached hydrogens (tertiary/aromatic N) is 2. The Morgan fingerprint density at radius 1 is 1.44 bits per heavy atom. The van der Waals surface area contributed by atoms with Crippen molar-refractivity contribution >= 4 is 5.82 Å². The van der Waals surface area contributed by atoms with Crippen molar-refractivity contribution in [1.82, 2.24) is 10.3 Å². The highest BCUT2D eigenvalue weighted by Gasteiger charge is 2.34. The summed E-state index contributed by atoms with van der Waals surface area (Å²) in [6.45, 7) is 6.75. The van der Waals surface area contributed by atoms with Gasteiger partial charge in [-0.3, -0.25) is 0 Å². The molecular formula is C15H23N3. The molecule has 3 nitrogen and oxygen atoms in total. The number of nitrogens with one attached hydrogen (secondary N) is 1. The lowest BCUT2D eigenvalue weighted by Crippen LogP contribution is -2.39. The summed E-state index contributed by atoms with van der Waals surface area (Å²) in [6, 6.07) is 5.02. The topological polar surface area (TPSA) is 28.2 Å². The number of aromatic nitrogens is 1. The summed E-state index contributed by atoms with van der Waals surface area (Å²) in [4.78, 5) is 7.12. The molecule has 2 fully saturated rings. The quantitative estimate of drug-likeness (QED) is 0.884. The largest absolute Gasteiger partial charge is 0.351 e. The Kier molecular flexibility index (Phi) is 3.02. The average molecular weight is 245 g/mol. The van der Waals surface area contributed by atoms with Crippen molar-refractivity contribution in [2.24, 2.45) is 0 Å². The lowest BCUT2D eigenvalue weighted by molar-refractivity contribution is 0.512. The van der Waals surface area contributed by atoms with Crippen LogP contribution in [-0.2, 0) is 6.54 Å². The van der Waals surface area contributed by atoms with Gasteiger partial charge in [-0.25, -0.2) is 4.98 Å². The monoisotopic (exact) mass is 245 g/mol. The molecule has 1 aliphatic carbocycles. The molecule has 1 aromatic heterocycles. The lowest BCUT2D eigenvalue weighted by atomic mass is 10.0. The van der Waals surface area contributed by atoms with E-state index in [2.05, 4.69) is 41.2 Å². The molecule has 0 aromatic carbocycles. The Bertz CT molecular complexity index is 424. The van der Waals surface area contributed by atoms with E-state index in [1.807, 2.05) is 6.20 Å².